The van der Waals surface area contributed by atoms with E-state index < -0.39 is 5.63 Å². The highest BCUT2D eigenvalue weighted by molar-refractivity contribution is 6.13. The summed E-state index contributed by atoms with van der Waals surface area (Å²) in [6, 6.07) is 2.84. The normalized spacial score (nSPS) is 22.6. The summed E-state index contributed by atoms with van der Waals surface area (Å²) in [7, 11) is 0. The third kappa shape index (κ3) is 1.70. The number of aromatic hydroxyl groups is 1. The summed E-state index contributed by atoms with van der Waals surface area (Å²) in [5.41, 5.74) is 0.659. The molecule has 1 saturated carbocycles. The largest absolute Gasteiger partial charge is 0.507 e. The van der Waals surface area contributed by atoms with E-state index >= 15 is 0 Å². The van der Waals surface area contributed by atoms with Gasteiger partial charge in [0.05, 0.1) is 11.3 Å². The summed E-state index contributed by atoms with van der Waals surface area (Å²) >= 11 is 0. The van der Waals surface area contributed by atoms with E-state index in [4.69, 9.17) is 9.15 Å². The first-order valence-electron chi connectivity index (χ1n) is 7.13. The molecule has 21 heavy (non-hydrogen) atoms. The topological polar surface area (TPSA) is 76.7 Å². The van der Waals surface area contributed by atoms with Crippen LogP contribution in [0.5, 0.6) is 11.5 Å². The van der Waals surface area contributed by atoms with Gasteiger partial charge in [0, 0.05) is 12.1 Å². The van der Waals surface area contributed by atoms with E-state index in [0.717, 1.165) is 6.42 Å². The van der Waals surface area contributed by atoms with Crippen molar-refractivity contribution in [2.75, 3.05) is 0 Å². The number of carbonyl (C=O) groups excluding carboxylic acids is 1. The fraction of sp³-hybridized carbons (Fsp3) is 0.375. The van der Waals surface area contributed by atoms with Gasteiger partial charge in [0.2, 0.25) is 0 Å². The minimum absolute atomic E-state index is 0.0112. The van der Waals surface area contributed by atoms with Crippen LogP contribution in [0, 0.1) is 5.92 Å². The standard InChI is InChI=1S/C16H14O5/c1-2-3-7-4-12(18)21-16-13(7)9(17)6-11-14(16)15(19)8-5-10(8)20-11/h4,6,8,10,17H,2-3,5H2,1H3/t8-,10+/m0/s1. The highest BCUT2D eigenvalue weighted by Crippen LogP contribution is 2.48. The van der Waals surface area contributed by atoms with Crippen molar-refractivity contribution in [3.8, 4) is 11.5 Å². The third-order valence-electron chi connectivity index (χ3n) is 4.15. The Labute approximate surface area is 120 Å². The Balaban J connectivity index is 2.09. The van der Waals surface area contributed by atoms with Crippen LogP contribution in [-0.2, 0) is 6.42 Å². The zero-order valence-electron chi connectivity index (χ0n) is 11.5. The summed E-state index contributed by atoms with van der Waals surface area (Å²) < 4.78 is 10.9. The molecule has 0 saturated heterocycles. The van der Waals surface area contributed by atoms with Gasteiger partial charge in [-0.2, -0.15) is 0 Å². The first-order valence-corrected chi connectivity index (χ1v) is 7.13. The van der Waals surface area contributed by atoms with Crippen molar-refractivity contribution >= 4 is 16.8 Å². The lowest BCUT2D eigenvalue weighted by Crippen LogP contribution is -2.18. The molecular weight excluding hydrogens is 272 g/mol. The Morgan fingerprint density at radius 1 is 1.33 bits per heavy atom. The second kappa shape index (κ2) is 4.10. The molecule has 0 amide bonds. The van der Waals surface area contributed by atoms with E-state index in [1.54, 1.807) is 0 Å². The smallest absolute Gasteiger partial charge is 0.336 e. The quantitative estimate of drug-likeness (QED) is 0.858. The molecular formula is C16H14O5. The fourth-order valence-corrected chi connectivity index (χ4v) is 3.10. The lowest BCUT2D eigenvalue weighted by Gasteiger charge is -2.18. The Bertz CT molecular complexity index is 833. The number of phenols is 1. The number of aryl methyl sites for hydroxylation is 1. The van der Waals surface area contributed by atoms with Gasteiger partial charge in [-0.25, -0.2) is 4.79 Å². The highest BCUT2D eigenvalue weighted by Gasteiger charge is 2.51. The van der Waals surface area contributed by atoms with E-state index in [1.165, 1.54) is 12.1 Å². The van der Waals surface area contributed by atoms with Crippen molar-refractivity contribution in [1.82, 2.24) is 0 Å². The zero-order chi connectivity index (χ0) is 14.7. The summed E-state index contributed by atoms with van der Waals surface area (Å²) in [5, 5.41) is 10.7. The van der Waals surface area contributed by atoms with E-state index in [0.29, 0.717) is 35.1 Å². The van der Waals surface area contributed by atoms with Gasteiger partial charge in [-0.15, -0.1) is 0 Å². The average molecular weight is 286 g/mol. The molecule has 1 N–H and O–H groups in total. The Morgan fingerprint density at radius 2 is 2.14 bits per heavy atom. The number of carbonyl (C=O) groups is 1. The van der Waals surface area contributed by atoms with Crippen molar-refractivity contribution < 1.29 is 19.1 Å². The van der Waals surface area contributed by atoms with Gasteiger partial charge >= 0.3 is 5.63 Å². The maximum atomic E-state index is 12.4. The molecule has 2 heterocycles. The summed E-state index contributed by atoms with van der Waals surface area (Å²) in [4.78, 5) is 24.2. The van der Waals surface area contributed by atoms with Crippen molar-refractivity contribution in [3.05, 3.63) is 33.7 Å². The SMILES string of the molecule is CCCc1cc(=O)oc2c3c(cc(O)c12)O[C@@H]1C[C@@H]1C3=O. The zero-order valence-corrected chi connectivity index (χ0v) is 11.5. The van der Waals surface area contributed by atoms with Crippen molar-refractivity contribution in [2.24, 2.45) is 5.92 Å². The van der Waals surface area contributed by atoms with Gasteiger partial charge in [-0.3, -0.25) is 4.79 Å². The number of Topliss-reactive ketones (excluding diaryl/α,β-unsaturated/α-hetero) is 1. The molecule has 2 aliphatic rings. The predicted octanol–water partition coefficient (Wildman–Crippen LogP) is 2.41. The van der Waals surface area contributed by atoms with E-state index in [9.17, 15) is 14.7 Å². The Kier molecular flexibility index (Phi) is 2.43. The minimum atomic E-state index is -0.510. The molecule has 1 aromatic heterocycles. The monoisotopic (exact) mass is 286 g/mol. The average Bonchev–Trinajstić information content (AvgIpc) is 3.17. The van der Waals surface area contributed by atoms with E-state index in [2.05, 4.69) is 0 Å². The molecule has 0 spiro atoms. The van der Waals surface area contributed by atoms with Crippen LogP contribution < -0.4 is 10.4 Å². The molecule has 1 aliphatic carbocycles. The second-order valence-electron chi connectivity index (χ2n) is 5.68. The summed E-state index contributed by atoms with van der Waals surface area (Å²) in [6.07, 6.45) is 2.06. The van der Waals surface area contributed by atoms with E-state index in [1.807, 2.05) is 6.92 Å². The van der Waals surface area contributed by atoms with Crippen LogP contribution >= 0.6 is 0 Å². The number of rotatable bonds is 2. The molecule has 1 fully saturated rings. The molecule has 5 heteroatoms. The summed E-state index contributed by atoms with van der Waals surface area (Å²) in [5.74, 6) is 0.122. The molecule has 1 aliphatic heterocycles. The van der Waals surface area contributed by atoms with Crippen LogP contribution in [0.15, 0.2) is 21.3 Å². The van der Waals surface area contributed by atoms with Crippen LogP contribution in [-0.4, -0.2) is 17.0 Å². The lowest BCUT2D eigenvalue weighted by molar-refractivity contribution is 0.0921. The number of fused-ring (bicyclic) bond motifs is 4. The van der Waals surface area contributed by atoms with Crippen molar-refractivity contribution in [1.29, 1.82) is 0 Å². The minimum Gasteiger partial charge on any atom is -0.507 e. The first kappa shape index (κ1) is 12.4. The van der Waals surface area contributed by atoms with Crippen LogP contribution in [0.1, 0.15) is 35.7 Å². The van der Waals surface area contributed by atoms with Gasteiger partial charge < -0.3 is 14.3 Å². The molecule has 4 rings (SSSR count). The Hall–Kier alpha value is -2.30. The molecule has 5 nitrogen and oxygen atoms in total. The summed E-state index contributed by atoms with van der Waals surface area (Å²) in [6.45, 7) is 1.99. The Morgan fingerprint density at radius 3 is 2.90 bits per heavy atom. The number of hydrogen-bond donors (Lipinski definition) is 1. The molecule has 0 bridgehead atoms. The maximum Gasteiger partial charge on any atom is 0.336 e. The highest BCUT2D eigenvalue weighted by atomic mass is 16.5. The van der Waals surface area contributed by atoms with Gasteiger partial charge in [0.1, 0.15) is 23.2 Å². The van der Waals surface area contributed by atoms with Crippen molar-refractivity contribution in [3.63, 3.8) is 0 Å². The van der Waals surface area contributed by atoms with Crippen LogP contribution in [0.25, 0.3) is 11.0 Å². The number of benzene rings is 1. The van der Waals surface area contributed by atoms with Crippen LogP contribution in [0.3, 0.4) is 0 Å². The van der Waals surface area contributed by atoms with Gasteiger partial charge in [-0.1, -0.05) is 13.3 Å². The second-order valence-corrected chi connectivity index (χ2v) is 5.68. The molecule has 1 aromatic carbocycles. The van der Waals surface area contributed by atoms with E-state index in [-0.39, 0.29) is 29.1 Å². The molecule has 2 aromatic rings. The van der Waals surface area contributed by atoms with Crippen LogP contribution in [0.4, 0.5) is 0 Å². The number of ether oxygens (including phenoxy) is 1. The number of hydrogen-bond acceptors (Lipinski definition) is 5. The molecule has 0 radical (unpaired) electrons. The molecule has 2 atom stereocenters. The van der Waals surface area contributed by atoms with Crippen molar-refractivity contribution in [2.45, 2.75) is 32.3 Å². The third-order valence-corrected chi connectivity index (χ3v) is 4.15. The predicted molar refractivity (Wildman–Crippen MR) is 75.0 cm³/mol. The maximum absolute atomic E-state index is 12.4. The fourth-order valence-electron chi connectivity index (χ4n) is 3.10. The van der Waals surface area contributed by atoms with Gasteiger partial charge in [0.15, 0.2) is 11.4 Å². The number of ketones is 1. The number of phenolic OH excluding ortho intramolecular Hbond substituents is 1. The van der Waals surface area contributed by atoms with Gasteiger partial charge in [-0.05, 0) is 18.4 Å². The molecule has 0 unspecified atom stereocenters. The van der Waals surface area contributed by atoms with Crippen LogP contribution in [0.2, 0.25) is 0 Å². The molecule has 108 valence electrons. The first-order chi connectivity index (χ1) is 10.1. The van der Waals surface area contributed by atoms with Gasteiger partial charge in [0.25, 0.3) is 0 Å². The lowest BCUT2D eigenvalue weighted by atomic mass is 9.97.